The lowest BCUT2D eigenvalue weighted by Crippen LogP contribution is -2.02. The highest BCUT2D eigenvalue weighted by Gasteiger charge is 2.13. The summed E-state index contributed by atoms with van der Waals surface area (Å²) in [6.45, 7) is 5.09. The Balaban J connectivity index is 2.99. The summed E-state index contributed by atoms with van der Waals surface area (Å²) in [5.74, 6) is 1.83. The summed E-state index contributed by atoms with van der Waals surface area (Å²) >= 11 is 1.81. The Labute approximate surface area is 120 Å². The Morgan fingerprint density at radius 1 is 1.11 bits per heavy atom. The van der Waals surface area contributed by atoms with Crippen molar-refractivity contribution in [3.05, 3.63) is 17.7 Å². The van der Waals surface area contributed by atoms with Gasteiger partial charge in [-0.1, -0.05) is 13.8 Å². The van der Waals surface area contributed by atoms with Crippen LogP contribution in [0.15, 0.2) is 17.0 Å². The lowest BCUT2D eigenvalue weighted by atomic mass is 10.1. The minimum absolute atomic E-state index is 0.539. The van der Waals surface area contributed by atoms with E-state index in [1.807, 2.05) is 11.8 Å². The first-order chi connectivity index (χ1) is 9.12. The Bertz CT molecular complexity index is 369. The van der Waals surface area contributed by atoms with E-state index in [1.54, 1.807) is 14.2 Å². The van der Waals surface area contributed by atoms with Crippen LogP contribution in [-0.4, -0.2) is 26.0 Å². The van der Waals surface area contributed by atoms with Gasteiger partial charge in [0.25, 0.3) is 0 Å². The zero-order valence-electron chi connectivity index (χ0n) is 12.4. The summed E-state index contributed by atoms with van der Waals surface area (Å²) in [4.78, 5) is 1.19. The molecule has 0 bridgehead atoms. The molecule has 0 saturated carbocycles. The molecular formula is C15H25NO2S. The summed E-state index contributed by atoms with van der Waals surface area (Å²) in [5.41, 5.74) is 6.69. The molecule has 19 heavy (non-hydrogen) atoms. The highest BCUT2D eigenvalue weighted by molar-refractivity contribution is 7.99. The van der Waals surface area contributed by atoms with E-state index in [-0.39, 0.29) is 0 Å². The highest BCUT2D eigenvalue weighted by atomic mass is 32.2. The predicted molar refractivity (Wildman–Crippen MR) is 82.5 cm³/mol. The van der Waals surface area contributed by atoms with Crippen LogP contribution < -0.4 is 15.2 Å². The van der Waals surface area contributed by atoms with Crippen LogP contribution in [0.1, 0.15) is 32.3 Å². The van der Waals surface area contributed by atoms with Crippen molar-refractivity contribution in [1.29, 1.82) is 0 Å². The quantitative estimate of drug-likeness (QED) is 0.586. The minimum Gasteiger partial charge on any atom is -0.496 e. The molecule has 0 saturated heterocycles. The lowest BCUT2D eigenvalue weighted by molar-refractivity contribution is 0.382. The predicted octanol–water partition coefficient (Wildman–Crippen LogP) is 3.49. The van der Waals surface area contributed by atoms with E-state index in [1.165, 1.54) is 4.90 Å². The molecule has 0 amide bonds. The SMILES string of the molecule is COc1cc(SC(C)C)cc(OC)c1CCCCN. The fourth-order valence-electron chi connectivity index (χ4n) is 1.99. The molecule has 108 valence electrons. The molecule has 1 aromatic rings. The van der Waals surface area contributed by atoms with Crippen LogP contribution in [-0.2, 0) is 6.42 Å². The maximum atomic E-state index is 5.55. The second kappa shape index (κ2) is 8.33. The van der Waals surface area contributed by atoms with Crippen molar-refractivity contribution >= 4 is 11.8 Å². The standard InChI is InChI=1S/C15H25NO2S/c1-11(2)19-12-9-14(17-3)13(7-5-6-8-16)15(10-12)18-4/h9-11H,5-8,16H2,1-4H3. The van der Waals surface area contributed by atoms with Crippen molar-refractivity contribution in [2.45, 2.75) is 43.3 Å². The third-order valence-electron chi connectivity index (χ3n) is 2.83. The first-order valence-electron chi connectivity index (χ1n) is 6.74. The molecule has 1 aromatic carbocycles. The fraction of sp³-hybridized carbons (Fsp3) is 0.600. The van der Waals surface area contributed by atoms with Gasteiger partial charge in [0.05, 0.1) is 14.2 Å². The zero-order valence-corrected chi connectivity index (χ0v) is 13.2. The Hall–Kier alpha value is -0.870. The number of unbranched alkanes of at least 4 members (excludes halogenated alkanes) is 1. The smallest absolute Gasteiger partial charge is 0.126 e. The van der Waals surface area contributed by atoms with E-state index in [0.717, 1.165) is 42.9 Å². The number of nitrogens with two attached hydrogens (primary N) is 1. The van der Waals surface area contributed by atoms with Crippen LogP contribution in [0.25, 0.3) is 0 Å². The molecule has 0 unspecified atom stereocenters. The number of methoxy groups -OCH3 is 2. The maximum absolute atomic E-state index is 5.55. The third-order valence-corrected chi connectivity index (χ3v) is 3.81. The van der Waals surface area contributed by atoms with Gasteiger partial charge in [0, 0.05) is 15.7 Å². The average Bonchev–Trinajstić information content (AvgIpc) is 2.38. The van der Waals surface area contributed by atoms with Crippen LogP contribution in [0, 0.1) is 0 Å². The fourth-order valence-corrected chi connectivity index (χ4v) is 2.89. The number of hydrogen-bond acceptors (Lipinski definition) is 4. The van der Waals surface area contributed by atoms with Crippen LogP contribution in [0.2, 0.25) is 0 Å². The van der Waals surface area contributed by atoms with E-state index in [4.69, 9.17) is 15.2 Å². The molecule has 3 nitrogen and oxygen atoms in total. The molecule has 1 rings (SSSR count). The molecule has 2 N–H and O–H groups in total. The largest absolute Gasteiger partial charge is 0.496 e. The molecule has 0 aromatic heterocycles. The molecule has 0 spiro atoms. The van der Waals surface area contributed by atoms with Gasteiger partial charge in [-0.15, -0.1) is 11.8 Å². The average molecular weight is 283 g/mol. The second-order valence-electron chi connectivity index (χ2n) is 4.72. The Morgan fingerprint density at radius 3 is 2.11 bits per heavy atom. The normalized spacial score (nSPS) is 10.8. The number of benzene rings is 1. The van der Waals surface area contributed by atoms with Gasteiger partial charge in [-0.05, 0) is 37.9 Å². The van der Waals surface area contributed by atoms with Crippen LogP contribution in [0.3, 0.4) is 0 Å². The molecule has 0 atom stereocenters. The minimum atomic E-state index is 0.539. The number of hydrogen-bond donors (Lipinski definition) is 1. The number of rotatable bonds is 8. The Morgan fingerprint density at radius 2 is 1.68 bits per heavy atom. The molecule has 0 radical (unpaired) electrons. The molecule has 0 heterocycles. The first-order valence-corrected chi connectivity index (χ1v) is 7.62. The zero-order chi connectivity index (χ0) is 14.3. The van der Waals surface area contributed by atoms with Crippen LogP contribution in [0.4, 0.5) is 0 Å². The lowest BCUT2D eigenvalue weighted by Gasteiger charge is -2.16. The number of ether oxygens (including phenoxy) is 2. The summed E-state index contributed by atoms with van der Waals surface area (Å²) in [6.07, 6.45) is 3.02. The highest BCUT2D eigenvalue weighted by Crippen LogP contribution is 2.36. The van der Waals surface area contributed by atoms with Gasteiger partial charge in [-0.25, -0.2) is 0 Å². The summed E-state index contributed by atoms with van der Waals surface area (Å²) in [6, 6.07) is 4.20. The van der Waals surface area contributed by atoms with Gasteiger partial charge >= 0.3 is 0 Å². The van der Waals surface area contributed by atoms with Crippen molar-refractivity contribution in [1.82, 2.24) is 0 Å². The van der Waals surface area contributed by atoms with Crippen molar-refractivity contribution in [3.63, 3.8) is 0 Å². The van der Waals surface area contributed by atoms with E-state index < -0.39 is 0 Å². The monoisotopic (exact) mass is 283 g/mol. The van der Waals surface area contributed by atoms with E-state index in [0.29, 0.717) is 5.25 Å². The van der Waals surface area contributed by atoms with Crippen molar-refractivity contribution in [2.75, 3.05) is 20.8 Å². The van der Waals surface area contributed by atoms with Gasteiger partial charge in [0.1, 0.15) is 11.5 Å². The maximum Gasteiger partial charge on any atom is 0.126 e. The second-order valence-corrected chi connectivity index (χ2v) is 6.37. The van der Waals surface area contributed by atoms with Gasteiger partial charge in [0.15, 0.2) is 0 Å². The van der Waals surface area contributed by atoms with E-state index >= 15 is 0 Å². The van der Waals surface area contributed by atoms with Gasteiger partial charge < -0.3 is 15.2 Å². The van der Waals surface area contributed by atoms with E-state index in [9.17, 15) is 0 Å². The van der Waals surface area contributed by atoms with Crippen molar-refractivity contribution in [3.8, 4) is 11.5 Å². The van der Waals surface area contributed by atoms with Crippen molar-refractivity contribution < 1.29 is 9.47 Å². The van der Waals surface area contributed by atoms with Crippen LogP contribution >= 0.6 is 11.8 Å². The summed E-state index contributed by atoms with van der Waals surface area (Å²) < 4.78 is 11.0. The molecule has 0 aliphatic rings. The van der Waals surface area contributed by atoms with Gasteiger partial charge in [0.2, 0.25) is 0 Å². The molecule has 0 aliphatic heterocycles. The van der Waals surface area contributed by atoms with Gasteiger partial charge in [-0.3, -0.25) is 0 Å². The molecule has 0 fully saturated rings. The molecular weight excluding hydrogens is 258 g/mol. The van der Waals surface area contributed by atoms with Gasteiger partial charge in [-0.2, -0.15) is 0 Å². The first kappa shape index (κ1) is 16.2. The summed E-state index contributed by atoms with van der Waals surface area (Å²) in [7, 11) is 3.43. The number of thioether (sulfide) groups is 1. The molecule has 0 aliphatic carbocycles. The van der Waals surface area contributed by atoms with Crippen LogP contribution in [0.5, 0.6) is 11.5 Å². The summed E-state index contributed by atoms with van der Waals surface area (Å²) in [5, 5.41) is 0.539. The topological polar surface area (TPSA) is 44.5 Å². The Kier molecular flexibility index (Phi) is 7.10. The third kappa shape index (κ3) is 4.96. The van der Waals surface area contributed by atoms with Crippen molar-refractivity contribution in [2.24, 2.45) is 5.73 Å². The van der Waals surface area contributed by atoms with E-state index in [2.05, 4.69) is 26.0 Å². The molecule has 4 heteroatoms.